The smallest absolute Gasteiger partial charge is 0.270 e. The van der Waals surface area contributed by atoms with Gasteiger partial charge in [-0.05, 0) is 36.8 Å². The first kappa shape index (κ1) is 13.5. The number of rotatable bonds is 3. The molecule has 1 atom stereocenters. The average Bonchev–Trinajstić information content (AvgIpc) is 2.40. The number of aromatic nitrogens is 1. The van der Waals surface area contributed by atoms with E-state index in [1.165, 1.54) is 6.20 Å². The predicted molar refractivity (Wildman–Crippen MR) is 78.7 cm³/mol. The van der Waals surface area contributed by atoms with E-state index < -0.39 is 0 Å². The largest absolute Gasteiger partial charge is 0.397 e. The second kappa shape index (κ2) is 5.84. The van der Waals surface area contributed by atoms with Crippen LogP contribution in [0.1, 0.15) is 29.0 Å². The summed E-state index contributed by atoms with van der Waals surface area (Å²) in [6.07, 6.45) is 1.47. The van der Waals surface area contributed by atoms with E-state index in [2.05, 4.69) is 26.2 Å². The molecule has 0 fully saturated rings. The molecule has 0 unspecified atom stereocenters. The number of nitrogen functional groups attached to an aromatic ring is 1. The summed E-state index contributed by atoms with van der Waals surface area (Å²) in [4.78, 5) is 16.0. The van der Waals surface area contributed by atoms with Crippen molar-refractivity contribution in [3.63, 3.8) is 0 Å². The Kier molecular flexibility index (Phi) is 4.16. The standard InChI is InChI=1S/C14H14BrN3O/c1-9(10-2-4-11(15)5-3-10)18-14(19)13-7-6-12(16)8-17-13/h2-9H,16H2,1H3,(H,18,19)/t9-/m1/s1. The quantitative estimate of drug-likeness (QED) is 0.914. The Morgan fingerprint density at radius 1 is 1.26 bits per heavy atom. The molecule has 0 aliphatic rings. The normalized spacial score (nSPS) is 11.9. The van der Waals surface area contributed by atoms with Crippen LogP contribution in [0.4, 0.5) is 5.69 Å². The third-order valence-corrected chi connectivity index (χ3v) is 3.27. The topological polar surface area (TPSA) is 68.0 Å². The number of benzene rings is 1. The summed E-state index contributed by atoms with van der Waals surface area (Å²) < 4.78 is 1.01. The van der Waals surface area contributed by atoms with Gasteiger partial charge in [0.05, 0.1) is 17.9 Å². The Labute approximate surface area is 120 Å². The van der Waals surface area contributed by atoms with Crippen molar-refractivity contribution >= 4 is 27.5 Å². The third-order valence-electron chi connectivity index (χ3n) is 2.74. The van der Waals surface area contributed by atoms with Crippen LogP contribution in [0.5, 0.6) is 0 Å². The van der Waals surface area contributed by atoms with Crippen LogP contribution in [0, 0.1) is 0 Å². The van der Waals surface area contributed by atoms with Crippen LogP contribution in [0.2, 0.25) is 0 Å². The molecule has 0 aliphatic heterocycles. The van der Waals surface area contributed by atoms with Gasteiger partial charge in [-0.15, -0.1) is 0 Å². The molecule has 2 aromatic rings. The number of nitrogens with two attached hydrogens (primary N) is 1. The first-order chi connectivity index (χ1) is 9.06. The summed E-state index contributed by atoms with van der Waals surface area (Å²) in [6, 6.07) is 11.0. The average molecular weight is 320 g/mol. The molecule has 4 nitrogen and oxygen atoms in total. The van der Waals surface area contributed by atoms with Crippen molar-refractivity contribution in [2.24, 2.45) is 0 Å². The highest BCUT2D eigenvalue weighted by molar-refractivity contribution is 9.10. The molecule has 0 aliphatic carbocycles. The van der Waals surface area contributed by atoms with E-state index in [0.717, 1.165) is 10.0 Å². The van der Waals surface area contributed by atoms with Gasteiger partial charge in [0, 0.05) is 4.47 Å². The molecule has 19 heavy (non-hydrogen) atoms. The van der Waals surface area contributed by atoms with Gasteiger partial charge in [0.1, 0.15) is 5.69 Å². The van der Waals surface area contributed by atoms with Crippen LogP contribution in [0.25, 0.3) is 0 Å². The zero-order valence-electron chi connectivity index (χ0n) is 10.4. The van der Waals surface area contributed by atoms with Crippen LogP contribution < -0.4 is 11.1 Å². The van der Waals surface area contributed by atoms with E-state index in [0.29, 0.717) is 11.4 Å². The molecule has 5 heteroatoms. The zero-order valence-corrected chi connectivity index (χ0v) is 12.0. The van der Waals surface area contributed by atoms with Gasteiger partial charge in [0.15, 0.2) is 0 Å². The second-order valence-corrected chi connectivity index (χ2v) is 5.14. The van der Waals surface area contributed by atoms with E-state index in [1.807, 2.05) is 31.2 Å². The minimum absolute atomic E-state index is 0.0834. The molecule has 0 radical (unpaired) electrons. The van der Waals surface area contributed by atoms with Crippen LogP contribution in [0.15, 0.2) is 47.1 Å². The van der Waals surface area contributed by atoms with Gasteiger partial charge in [-0.3, -0.25) is 4.79 Å². The van der Waals surface area contributed by atoms with Crippen molar-refractivity contribution in [3.05, 3.63) is 58.3 Å². The summed E-state index contributed by atoms with van der Waals surface area (Å²) in [7, 11) is 0. The van der Waals surface area contributed by atoms with Crippen molar-refractivity contribution in [2.45, 2.75) is 13.0 Å². The Morgan fingerprint density at radius 3 is 2.53 bits per heavy atom. The van der Waals surface area contributed by atoms with Gasteiger partial charge in [-0.1, -0.05) is 28.1 Å². The lowest BCUT2D eigenvalue weighted by molar-refractivity contribution is 0.0935. The van der Waals surface area contributed by atoms with E-state index in [1.54, 1.807) is 12.1 Å². The number of amides is 1. The highest BCUT2D eigenvalue weighted by Gasteiger charge is 2.12. The van der Waals surface area contributed by atoms with Gasteiger partial charge in [0.25, 0.3) is 5.91 Å². The van der Waals surface area contributed by atoms with Crippen LogP contribution in [-0.2, 0) is 0 Å². The van der Waals surface area contributed by atoms with Gasteiger partial charge in [-0.2, -0.15) is 0 Å². The summed E-state index contributed by atoms with van der Waals surface area (Å²) in [5.74, 6) is -0.213. The molecule has 1 aromatic carbocycles. The number of nitrogens with zero attached hydrogens (tertiary/aromatic N) is 1. The molecule has 0 bridgehead atoms. The summed E-state index contributed by atoms with van der Waals surface area (Å²) >= 11 is 3.38. The Bertz CT molecular complexity index is 566. The number of anilines is 1. The van der Waals surface area contributed by atoms with Crippen LogP contribution >= 0.6 is 15.9 Å². The first-order valence-corrected chi connectivity index (χ1v) is 6.63. The molecule has 1 amide bonds. The maximum Gasteiger partial charge on any atom is 0.270 e. The molecular weight excluding hydrogens is 306 g/mol. The molecular formula is C14H14BrN3O. The highest BCUT2D eigenvalue weighted by atomic mass is 79.9. The van der Waals surface area contributed by atoms with Crippen molar-refractivity contribution in [1.82, 2.24) is 10.3 Å². The Hall–Kier alpha value is -1.88. The lowest BCUT2D eigenvalue weighted by Gasteiger charge is -2.14. The lowest BCUT2D eigenvalue weighted by Crippen LogP contribution is -2.27. The van der Waals surface area contributed by atoms with E-state index in [9.17, 15) is 4.79 Å². The lowest BCUT2D eigenvalue weighted by atomic mass is 10.1. The van der Waals surface area contributed by atoms with E-state index >= 15 is 0 Å². The number of halogens is 1. The summed E-state index contributed by atoms with van der Waals surface area (Å²) in [5, 5.41) is 2.89. The minimum Gasteiger partial charge on any atom is -0.397 e. The fraction of sp³-hybridized carbons (Fsp3) is 0.143. The Morgan fingerprint density at radius 2 is 1.95 bits per heavy atom. The molecule has 0 saturated heterocycles. The zero-order chi connectivity index (χ0) is 13.8. The van der Waals surface area contributed by atoms with Gasteiger partial charge < -0.3 is 11.1 Å². The number of hydrogen-bond donors (Lipinski definition) is 2. The van der Waals surface area contributed by atoms with Crippen molar-refractivity contribution in [2.75, 3.05) is 5.73 Å². The molecule has 0 saturated carbocycles. The number of pyridine rings is 1. The maximum absolute atomic E-state index is 12.0. The third kappa shape index (κ3) is 3.54. The number of carbonyl (C=O) groups is 1. The van der Waals surface area contributed by atoms with Crippen LogP contribution in [-0.4, -0.2) is 10.9 Å². The molecule has 3 N–H and O–H groups in total. The first-order valence-electron chi connectivity index (χ1n) is 5.84. The second-order valence-electron chi connectivity index (χ2n) is 4.22. The van der Waals surface area contributed by atoms with Crippen molar-refractivity contribution < 1.29 is 4.79 Å². The van der Waals surface area contributed by atoms with Gasteiger partial charge in [0.2, 0.25) is 0 Å². The molecule has 1 heterocycles. The molecule has 2 rings (SSSR count). The van der Waals surface area contributed by atoms with Crippen LogP contribution in [0.3, 0.4) is 0 Å². The summed E-state index contributed by atoms with van der Waals surface area (Å²) in [6.45, 7) is 1.93. The van der Waals surface area contributed by atoms with Crippen molar-refractivity contribution in [3.8, 4) is 0 Å². The minimum atomic E-state index is -0.213. The molecule has 1 aromatic heterocycles. The van der Waals surface area contributed by atoms with E-state index in [-0.39, 0.29) is 11.9 Å². The van der Waals surface area contributed by atoms with Crippen molar-refractivity contribution in [1.29, 1.82) is 0 Å². The predicted octanol–water partition coefficient (Wildman–Crippen LogP) is 2.92. The molecule has 98 valence electrons. The fourth-order valence-electron chi connectivity index (χ4n) is 1.64. The fourth-order valence-corrected chi connectivity index (χ4v) is 1.91. The monoisotopic (exact) mass is 319 g/mol. The number of nitrogens with one attached hydrogen (secondary N) is 1. The number of hydrogen-bond acceptors (Lipinski definition) is 3. The highest BCUT2D eigenvalue weighted by Crippen LogP contribution is 2.16. The Balaban J connectivity index is 2.06. The van der Waals surface area contributed by atoms with Gasteiger partial charge in [-0.25, -0.2) is 4.98 Å². The summed E-state index contributed by atoms with van der Waals surface area (Å²) in [5.41, 5.74) is 7.47. The molecule has 0 spiro atoms. The van der Waals surface area contributed by atoms with E-state index in [4.69, 9.17) is 5.73 Å². The maximum atomic E-state index is 12.0. The number of carbonyl (C=O) groups excluding carboxylic acids is 1. The SMILES string of the molecule is C[C@@H](NC(=O)c1ccc(N)cn1)c1ccc(Br)cc1. The van der Waals surface area contributed by atoms with Gasteiger partial charge >= 0.3 is 0 Å².